The van der Waals surface area contributed by atoms with Gasteiger partial charge in [0.25, 0.3) is 10.0 Å². The molecule has 0 radical (unpaired) electrons. The van der Waals surface area contributed by atoms with Crippen molar-refractivity contribution in [3.63, 3.8) is 0 Å². The predicted molar refractivity (Wildman–Crippen MR) is 120 cm³/mol. The number of rotatable bonds is 5. The molecule has 0 aliphatic heterocycles. The number of aromatic nitrogens is 1. The predicted octanol–water partition coefficient (Wildman–Crippen LogP) is 6.08. The average molecular weight is 502 g/mol. The number of Topliss-reactive ketones (excluding diaryl/α,β-unsaturated/α-hetero) is 1. The van der Waals surface area contributed by atoms with Crippen LogP contribution >= 0.6 is 15.9 Å². The molecular formula is C23H17BrFNO4S. The van der Waals surface area contributed by atoms with Crippen molar-refractivity contribution >= 4 is 42.6 Å². The molecule has 5 nitrogen and oxygen atoms in total. The third-order valence-electron chi connectivity index (χ3n) is 4.84. The van der Waals surface area contributed by atoms with Crippen LogP contribution in [0.5, 0.6) is 11.5 Å². The van der Waals surface area contributed by atoms with Crippen molar-refractivity contribution < 1.29 is 22.3 Å². The van der Waals surface area contributed by atoms with Gasteiger partial charge in [0.1, 0.15) is 5.75 Å². The van der Waals surface area contributed by atoms with E-state index in [4.69, 9.17) is 4.74 Å². The molecule has 4 rings (SSSR count). The highest BCUT2D eigenvalue weighted by Gasteiger charge is 2.23. The highest BCUT2D eigenvalue weighted by atomic mass is 79.9. The molecule has 8 heteroatoms. The largest absolute Gasteiger partial charge is 0.453 e. The molecule has 0 bridgehead atoms. The Morgan fingerprint density at radius 1 is 1.06 bits per heavy atom. The van der Waals surface area contributed by atoms with E-state index in [1.54, 1.807) is 36.4 Å². The highest BCUT2D eigenvalue weighted by Crippen LogP contribution is 2.39. The van der Waals surface area contributed by atoms with Gasteiger partial charge in [-0.15, -0.1) is 0 Å². The van der Waals surface area contributed by atoms with Crippen LogP contribution in [0.25, 0.3) is 10.9 Å². The maximum absolute atomic E-state index is 15.0. The third-order valence-corrected chi connectivity index (χ3v) is 7.34. The number of nitrogens with zero attached hydrogens (tertiary/aromatic N) is 1. The number of ketones is 1. The van der Waals surface area contributed by atoms with Crippen LogP contribution in [0.15, 0.2) is 76.2 Å². The number of benzene rings is 3. The van der Waals surface area contributed by atoms with E-state index in [1.165, 1.54) is 31.3 Å². The van der Waals surface area contributed by atoms with Gasteiger partial charge >= 0.3 is 0 Å². The summed E-state index contributed by atoms with van der Waals surface area (Å²) < 4.78 is 48.2. The van der Waals surface area contributed by atoms with Gasteiger partial charge in [-0.2, -0.15) is 0 Å². The van der Waals surface area contributed by atoms with E-state index in [9.17, 15) is 17.6 Å². The zero-order valence-corrected chi connectivity index (χ0v) is 19.0. The van der Waals surface area contributed by atoms with Crippen molar-refractivity contribution in [2.45, 2.75) is 18.7 Å². The second-order valence-corrected chi connectivity index (χ2v) is 9.66. The molecule has 0 spiro atoms. The maximum Gasteiger partial charge on any atom is 0.268 e. The van der Waals surface area contributed by atoms with Crippen LogP contribution < -0.4 is 4.74 Å². The Morgan fingerprint density at radius 2 is 1.77 bits per heavy atom. The van der Waals surface area contributed by atoms with Gasteiger partial charge in [0.15, 0.2) is 17.3 Å². The molecule has 0 atom stereocenters. The summed E-state index contributed by atoms with van der Waals surface area (Å²) in [7, 11) is -3.91. The second kappa shape index (κ2) is 7.94. The van der Waals surface area contributed by atoms with Crippen molar-refractivity contribution in [3.8, 4) is 11.5 Å². The lowest BCUT2D eigenvalue weighted by Gasteiger charge is -2.12. The number of carbonyl (C=O) groups is 1. The summed E-state index contributed by atoms with van der Waals surface area (Å²) in [4.78, 5) is 11.7. The van der Waals surface area contributed by atoms with Crippen molar-refractivity contribution in [2.24, 2.45) is 0 Å². The Morgan fingerprint density at radius 3 is 2.45 bits per heavy atom. The summed E-state index contributed by atoms with van der Waals surface area (Å²) >= 11 is 3.34. The number of fused-ring (bicyclic) bond motifs is 1. The molecule has 0 aliphatic rings. The minimum atomic E-state index is -3.91. The molecule has 1 heterocycles. The molecular weight excluding hydrogens is 485 g/mol. The number of carbonyl (C=O) groups excluding carboxylic acids is 1. The van der Waals surface area contributed by atoms with Gasteiger partial charge in [-0.1, -0.05) is 29.8 Å². The van der Waals surface area contributed by atoms with Crippen LogP contribution in [0, 0.1) is 12.7 Å². The first-order chi connectivity index (χ1) is 14.7. The summed E-state index contributed by atoms with van der Waals surface area (Å²) in [5.41, 5.74) is 1.54. The summed E-state index contributed by atoms with van der Waals surface area (Å²) in [6.07, 6.45) is 1.38. The first kappa shape index (κ1) is 21.3. The molecule has 0 saturated heterocycles. The van der Waals surface area contributed by atoms with Crippen LogP contribution in [0.3, 0.4) is 0 Å². The van der Waals surface area contributed by atoms with Crippen molar-refractivity contribution in [1.29, 1.82) is 0 Å². The van der Waals surface area contributed by atoms with Crippen molar-refractivity contribution in [1.82, 2.24) is 3.97 Å². The van der Waals surface area contributed by atoms with E-state index in [0.717, 1.165) is 15.6 Å². The Labute approximate surface area is 187 Å². The molecule has 3 aromatic carbocycles. The van der Waals surface area contributed by atoms with Gasteiger partial charge in [0.2, 0.25) is 0 Å². The van der Waals surface area contributed by atoms with E-state index < -0.39 is 15.8 Å². The van der Waals surface area contributed by atoms with E-state index in [-0.39, 0.29) is 26.4 Å². The number of hydrogen-bond acceptors (Lipinski definition) is 4. The number of halogens is 2. The maximum atomic E-state index is 15.0. The lowest BCUT2D eigenvalue weighted by atomic mass is 10.1. The number of hydrogen-bond donors (Lipinski definition) is 0. The zero-order valence-electron chi connectivity index (χ0n) is 16.6. The topological polar surface area (TPSA) is 65.4 Å². The summed E-state index contributed by atoms with van der Waals surface area (Å²) in [6.45, 7) is 3.29. The smallest absolute Gasteiger partial charge is 0.268 e. The second-order valence-electron chi connectivity index (χ2n) is 7.05. The first-order valence-electron chi connectivity index (χ1n) is 9.28. The van der Waals surface area contributed by atoms with Gasteiger partial charge in [-0.3, -0.25) is 4.79 Å². The van der Waals surface area contributed by atoms with Crippen LogP contribution in [0.2, 0.25) is 0 Å². The fourth-order valence-corrected chi connectivity index (χ4v) is 5.13. The van der Waals surface area contributed by atoms with Crippen molar-refractivity contribution in [2.75, 3.05) is 0 Å². The van der Waals surface area contributed by atoms with Crippen LogP contribution in [0.4, 0.5) is 4.39 Å². The minimum Gasteiger partial charge on any atom is -0.453 e. The van der Waals surface area contributed by atoms with Crippen LogP contribution in [0.1, 0.15) is 22.8 Å². The van der Waals surface area contributed by atoms with Gasteiger partial charge < -0.3 is 4.74 Å². The zero-order chi connectivity index (χ0) is 22.3. The standard InChI is InChI=1S/C23H17BrFNO4S/c1-14-6-8-18(9-7-14)31(28,29)26-11-10-19-21(26)13-20(25)23(22(19)24)30-17-5-3-4-16(12-17)15(2)27/h3-13H,1-2H3. The molecule has 31 heavy (non-hydrogen) atoms. The van der Waals surface area contributed by atoms with Gasteiger partial charge in [-0.05, 0) is 60.1 Å². The normalized spacial score (nSPS) is 11.6. The molecule has 0 unspecified atom stereocenters. The Balaban J connectivity index is 1.80. The lowest BCUT2D eigenvalue weighted by Crippen LogP contribution is -2.12. The fourth-order valence-electron chi connectivity index (χ4n) is 3.19. The molecule has 158 valence electrons. The molecule has 0 N–H and O–H groups in total. The lowest BCUT2D eigenvalue weighted by molar-refractivity contribution is 0.101. The van der Waals surface area contributed by atoms with E-state index in [1.807, 2.05) is 6.92 Å². The molecule has 0 saturated carbocycles. The Bertz CT molecular complexity index is 1430. The van der Waals surface area contributed by atoms with Crippen LogP contribution in [-0.4, -0.2) is 18.2 Å². The number of ether oxygens (including phenoxy) is 1. The van der Waals surface area contributed by atoms with Gasteiger partial charge in [0.05, 0.1) is 14.9 Å². The SMILES string of the molecule is CC(=O)c1cccc(Oc2c(F)cc3c(ccn3S(=O)(=O)c3ccc(C)cc3)c2Br)c1. The average Bonchev–Trinajstić information content (AvgIpc) is 3.16. The van der Waals surface area contributed by atoms with Gasteiger partial charge in [-0.25, -0.2) is 16.8 Å². The third kappa shape index (κ3) is 3.88. The van der Waals surface area contributed by atoms with E-state index in [0.29, 0.717) is 16.7 Å². The quantitative estimate of drug-likeness (QED) is 0.310. The molecule has 4 aromatic rings. The number of aryl methyl sites for hydroxylation is 1. The van der Waals surface area contributed by atoms with Crippen LogP contribution in [-0.2, 0) is 10.0 Å². The molecule has 0 aliphatic carbocycles. The van der Waals surface area contributed by atoms with Gasteiger partial charge in [0, 0.05) is 23.2 Å². The monoisotopic (exact) mass is 501 g/mol. The van der Waals surface area contributed by atoms with E-state index in [2.05, 4.69) is 15.9 Å². The summed E-state index contributed by atoms with van der Waals surface area (Å²) in [5, 5.41) is 0.467. The first-order valence-corrected chi connectivity index (χ1v) is 11.5. The van der Waals surface area contributed by atoms with E-state index >= 15 is 0 Å². The molecule has 1 aromatic heterocycles. The van der Waals surface area contributed by atoms with Crippen molar-refractivity contribution in [3.05, 3.63) is 88.3 Å². The highest BCUT2D eigenvalue weighted by molar-refractivity contribution is 9.10. The Hall–Kier alpha value is -2.97. The fraction of sp³-hybridized carbons (Fsp3) is 0.0870. The Kier molecular flexibility index (Phi) is 5.45. The summed E-state index contributed by atoms with van der Waals surface area (Å²) in [5.74, 6) is -0.692. The molecule has 0 amide bonds. The molecule has 0 fully saturated rings. The minimum absolute atomic E-state index is 0.0984. The summed E-state index contributed by atoms with van der Waals surface area (Å²) in [6, 6.07) is 15.5.